The Morgan fingerprint density at radius 1 is 1.10 bits per heavy atom. The van der Waals surface area contributed by atoms with Gasteiger partial charge in [0.15, 0.2) is 17.3 Å². The molecule has 2 fully saturated rings. The first-order valence-corrected chi connectivity index (χ1v) is 7.51. The molecule has 108 valence electrons. The molecule has 3 nitrogen and oxygen atoms in total. The summed E-state index contributed by atoms with van der Waals surface area (Å²) in [6.45, 7) is 0. The van der Waals surface area contributed by atoms with Crippen molar-refractivity contribution in [3.8, 4) is 11.5 Å². The summed E-state index contributed by atoms with van der Waals surface area (Å²) in [4.78, 5) is 12.7. The summed E-state index contributed by atoms with van der Waals surface area (Å²) >= 11 is 6.24. The molecule has 0 radical (unpaired) electrons. The van der Waals surface area contributed by atoms with Crippen molar-refractivity contribution in [3.05, 3.63) is 22.7 Å². The molecule has 0 heterocycles. The fourth-order valence-electron chi connectivity index (χ4n) is 3.60. The van der Waals surface area contributed by atoms with E-state index in [-0.39, 0.29) is 11.7 Å². The Kier molecular flexibility index (Phi) is 3.63. The van der Waals surface area contributed by atoms with Crippen molar-refractivity contribution < 1.29 is 14.3 Å². The average molecular weight is 295 g/mol. The quantitative estimate of drug-likeness (QED) is 0.788. The van der Waals surface area contributed by atoms with Crippen LogP contribution in [0.2, 0.25) is 5.02 Å². The molecule has 0 aromatic heterocycles. The summed E-state index contributed by atoms with van der Waals surface area (Å²) in [5.41, 5.74) is 0.573. The van der Waals surface area contributed by atoms with E-state index in [4.69, 9.17) is 21.1 Å². The molecule has 3 rings (SSSR count). The van der Waals surface area contributed by atoms with Crippen LogP contribution < -0.4 is 9.47 Å². The summed E-state index contributed by atoms with van der Waals surface area (Å²) in [5, 5.41) is 0.455. The third-order valence-electron chi connectivity index (χ3n) is 4.70. The molecule has 2 unspecified atom stereocenters. The van der Waals surface area contributed by atoms with E-state index in [0.29, 0.717) is 33.9 Å². The number of hydrogen-bond acceptors (Lipinski definition) is 3. The number of carbonyl (C=O) groups is 1. The molecule has 0 aliphatic heterocycles. The highest BCUT2D eigenvalue weighted by molar-refractivity contribution is 6.34. The van der Waals surface area contributed by atoms with E-state index in [2.05, 4.69) is 0 Å². The summed E-state index contributed by atoms with van der Waals surface area (Å²) < 4.78 is 10.5. The van der Waals surface area contributed by atoms with Gasteiger partial charge < -0.3 is 9.47 Å². The predicted molar refractivity (Wildman–Crippen MR) is 77.8 cm³/mol. The molecule has 4 heteroatoms. The van der Waals surface area contributed by atoms with Gasteiger partial charge in [-0.2, -0.15) is 0 Å². The Labute approximate surface area is 124 Å². The Morgan fingerprint density at radius 3 is 2.20 bits per heavy atom. The zero-order valence-electron chi connectivity index (χ0n) is 11.8. The largest absolute Gasteiger partial charge is 0.493 e. The Morgan fingerprint density at radius 2 is 1.65 bits per heavy atom. The number of methoxy groups -OCH3 is 2. The van der Waals surface area contributed by atoms with Crippen LogP contribution >= 0.6 is 11.6 Å². The number of halogens is 1. The molecule has 2 aliphatic rings. The van der Waals surface area contributed by atoms with E-state index >= 15 is 0 Å². The second-order valence-corrected chi connectivity index (χ2v) is 6.10. The van der Waals surface area contributed by atoms with E-state index in [1.54, 1.807) is 26.4 Å². The first-order valence-electron chi connectivity index (χ1n) is 7.13. The average Bonchev–Trinajstić information content (AvgIpc) is 3.20. The Hall–Kier alpha value is -1.22. The van der Waals surface area contributed by atoms with Gasteiger partial charge in [-0.3, -0.25) is 4.79 Å². The number of Topliss-reactive ketones (excluding diaryl/α,β-unsaturated/α-hetero) is 1. The van der Waals surface area contributed by atoms with Crippen molar-refractivity contribution in [1.29, 1.82) is 0 Å². The zero-order valence-corrected chi connectivity index (χ0v) is 12.6. The minimum atomic E-state index is 0.174. The first-order chi connectivity index (χ1) is 9.67. The lowest BCUT2D eigenvalue weighted by Gasteiger charge is -2.11. The van der Waals surface area contributed by atoms with Crippen LogP contribution in [0, 0.1) is 17.8 Å². The second-order valence-electron chi connectivity index (χ2n) is 5.69. The van der Waals surface area contributed by atoms with Crippen molar-refractivity contribution in [2.45, 2.75) is 25.7 Å². The third kappa shape index (κ3) is 2.18. The zero-order chi connectivity index (χ0) is 14.3. The van der Waals surface area contributed by atoms with Crippen LogP contribution in [0.1, 0.15) is 36.0 Å². The number of fused-ring (bicyclic) bond motifs is 1. The van der Waals surface area contributed by atoms with Gasteiger partial charge in [0.25, 0.3) is 0 Å². The fourth-order valence-corrected chi connectivity index (χ4v) is 3.85. The molecule has 2 saturated carbocycles. The van der Waals surface area contributed by atoms with Gasteiger partial charge in [0.05, 0.1) is 19.2 Å². The molecule has 2 atom stereocenters. The van der Waals surface area contributed by atoms with Crippen molar-refractivity contribution >= 4 is 17.4 Å². The lowest BCUT2D eigenvalue weighted by Crippen LogP contribution is -2.06. The summed E-state index contributed by atoms with van der Waals surface area (Å²) in [7, 11) is 3.13. The maximum atomic E-state index is 12.7. The van der Waals surface area contributed by atoms with Crippen LogP contribution in [-0.2, 0) is 0 Å². The SMILES string of the molecule is COc1cc(Cl)c(C(=O)C2C3CCCCC32)cc1OC. The monoisotopic (exact) mass is 294 g/mol. The lowest BCUT2D eigenvalue weighted by molar-refractivity contribution is 0.0956. The van der Waals surface area contributed by atoms with Crippen LogP contribution in [0.4, 0.5) is 0 Å². The molecule has 0 saturated heterocycles. The fraction of sp³-hybridized carbons (Fsp3) is 0.562. The highest BCUT2D eigenvalue weighted by atomic mass is 35.5. The van der Waals surface area contributed by atoms with E-state index in [1.165, 1.54) is 25.7 Å². The second kappa shape index (κ2) is 5.28. The normalized spacial score (nSPS) is 27.6. The van der Waals surface area contributed by atoms with E-state index in [1.807, 2.05) is 0 Å². The summed E-state index contributed by atoms with van der Waals surface area (Å²) in [6.07, 6.45) is 4.88. The number of ketones is 1. The molecule has 2 aliphatic carbocycles. The summed E-state index contributed by atoms with van der Waals surface area (Å²) in [5.74, 6) is 2.63. The van der Waals surface area contributed by atoms with Gasteiger partial charge in [-0.15, -0.1) is 0 Å². The Balaban J connectivity index is 1.88. The van der Waals surface area contributed by atoms with Crippen molar-refractivity contribution in [3.63, 3.8) is 0 Å². The van der Waals surface area contributed by atoms with E-state index < -0.39 is 0 Å². The van der Waals surface area contributed by atoms with Gasteiger partial charge in [-0.05, 0) is 30.7 Å². The number of rotatable bonds is 4. The number of ether oxygens (including phenoxy) is 2. The van der Waals surface area contributed by atoms with Gasteiger partial charge in [-0.1, -0.05) is 24.4 Å². The molecule has 1 aromatic carbocycles. The van der Waals surface area contributed by atoms with Gasteiger partial charge in [-0.25, -0.2) is 0 Å². The number of hydrogen-bond donors (Lipinski definition) is 0. The van der Waals surface area contributed by atoms with E-state index in [0.717, 1.165) is 0 Å². The molecular formula is C16H19ClO3. The maximum Gasteiger partial charge on any atom is 0.168 e. The first kappa shape index (κ1) is 13.7. The summed E-state index contributed by atoms with van der Waals surface area (Å²) in [6, 6.07) is 3.38. The highest BCUT2D eigenvalue weighted by Crippen LogP contribution is 2.57. The Bertz CT molecular complexity index is 529. The van der Waals surface area contributed by atoms with Crippen LogP contribution in [0.5, 0.6) is 11.5 Å². The number of benzene rings is 1. The van der Waals surface area contributed by atoms with Gasteiger partial charge in [0, 0.05) is 17.5 Å². The topological polar surface area (TPSA) is 35.5 Å². The third-order valence-corrected chi connectivity index (χ3v) is 5.01. The number of carbonyl (C=O) groups excluding carboxylic acids is 1. The van der Waals surface area contributed by atoms with Gasteiger partial charge >= 0.3 is 0 Å². The van der Waals surface area contributed by atoms with E-state index in [9.17, 15) is 4.79 Å². The van der Waals surface area contributed by atoms with Crippen molar-refractivity contribution in [1.82, 2.24) is 0 Å². The van der Waals surface area contributed by atoms with Crippen LogP contribution in [0.25, 0.3) is 0 Å². The highest BCUT2D eigenvalue weighted by Gasteiger charge is 2.54. The van der Waals surface area contributed by atoms with Crippen molar-refractivity contribution in [2.24, 2.45) is 17.8 Å². The van der Waals surface area contributed by atoms with Crippen LogP contribution in [-0.4, -0.2) is 20.0 Å². The molecule has 0 N–H and O–H groups in total. The predicted octanol–water partition coefficient (Wildman–Crippen LogP) is 3.98. The lowest BCUT2D eigenvalue weighted by atomic mass is 10.0. The smallest absolute Gasteiger partial charge is 0.168 e. The maximum absolute atomic E-state index is 12.7. The molecule has 0 amide bonds. The van der Waals surface area contributed by atoms with Gasteiger partial charge in [0.1, 0.15) is 0 Å². The van der Waals surface area contributed by atoms with Gasteiger partial charge in [0.2, 0.25) is 0 Å². The minimum Gasteiger partial charge on any atom is -0.493 e. The molecular weight excluding hydrogens is 276 g/mol. The standard InChI is InChI=1S/C16H19ClO3/c1-19-13-7-11(12(17)8-14(13)20-2)16(18)15-9-5-3-4-6-10(9)15/h7-10,15H,3-6H2,1-2H3. The van der Waals surface area contributed by atoms with Crippen LogP contribution in [0.15, 0.2) is 12.1 Å². The molecule has 1 aromatic rings. The molecule has 0 bridgehead atoms. The molecule has 0 spiro atoms. The molecule has 20 heavy (non-hydrogen) atoms. The van der Waals surface area contributed by atoms with Crippen LogP contribution in [0.3, 0.4) is 0 Å². The van der Waals surface area contributed by atoms with Crippen molar-refractivity contribution in [2.75, 3.05) is 14.2 Å². The minimum absolute atomic E-state index is 0.174.